The van der Waals surface area contributed by atoms with Gasteiger partial charge < -0.3 is 14.5 Å². The van der Waals surface area contributed by atoms with Crippen LogP contribution < -0.4 is 4.90 Å². The number of piperazine rings is 1. The number of hydrogen-bond acceptors (Lipinski definition) is 6. The molecule has 0 radical (unpaired) electrons. The van der Waals surface area contributed by atoms with Crippen molar-refractivity contribution >= 4 is 45.4 Å². The maximum Gasteiger partial charge on any atom is 0.318 e. The number of thioether (sulfide) groups is 1. The van der Waals surface area contributed by atoms with Gasteiger partial charge in [-0.2, -0.15) is 0 Å². The van der Waals surface area contributed by atoms with Crippen LogP contribution in [0.15, 0.2) is 52.0 Å². The lowest BCUT2D eigenvalue weighted by Crippen LogP contribution is -2.49. The summed E-state index contributed by atoms with van der Waals surface area (Å²) in [6, 6.07) is 11.4. The Morgan fingerprint density at radius 3 is 2.50 bits per heavy atom. The number of pyridine rings is 1. The summed E-state index contributed by atoms with van der Waals surface area (Å²) in [6.07, 6.45) is 1.78. The molecule has 1 unspecified atom stereocenters. The van der Waals surface area contributed by atoms with Gasteiger partial charge in [-0.15, -0.1) is 11.8 Å². The first-order chi connectivity index (χ1) is 13.5. The molecule has 1 aromatic carbocycles. The first-order valence-electron chi connectivity index (χ1n) is 8.99. The van der Waals surface area contributed by atoms with Crippen LogP contribution in [0.3, 0.4) is 0 Å². The lowest BCUT2D eigenvalue weighted by molar-refractivity contribution is -0.139. The number of hydrogen-bond donors (Lipinski definition) is 0. The number of esters is 1. The molecule has 1 aromatic heterocycles. The van der Waals surface area contributed by atoms with Crippen LogP contribution in [0, 0.1) is 0 Å². The standard InChI is InChI=1S/C20H22BrN3O3S/c1-14(20(26)27-2)28-17-6-4-3-5-16(17)19(25)24-11-9-23(10-12-24)18-8-7-15(21)13-22-18/h3-8,13-14H,9-12H2,1-2H3. The number of ether oxygens (including phenoxy) is 1. The van der Waals surface area contributed by atoms with Crippen LogP contribution in [0.5, 0.6) is 0 Å². The van der Waals surface area contributed by atoms with Crippen LogP contribution in [0.1, 0.15) is 17.3 Å². The Hall–Kier alpha value is -2.06. The van der Waals surface area contributed by atoms with E-state index in [2.05, 4.69) is 25.8 Å². The second-order valence-corrected chi connectivity index (χ2v) is 8.69. The number of halogens is 1. The van der Waals surface area contributed by atoms with E-state index in [0.29, 0.717) is 18.7 Å². The van der Waals surface area contributed by atoms with E-state index < -0.39 is 0 Å². The molecule has 1 atom stereocenters. The smallest absolute Gasteiger partial charge is 0.318 e. The molecule has 1 fully saturated rings. The van der Waals surface area contributed by atoms with Crippen molar-refractivity contribution in [3.63, 3.8) is 0 Å². The molecule has 8 heteroatoms. The van der Waals surface area contributed by atoms with Gasteiger partial charge in [0.25, 0.3) is 5.91 Å². The summed E-state index contributed by atoms with van der Waals surface area (Å²) >= 11 is 4.74. The van der Waals surface area contributed by atoms with Crippen molar-refractivity contribution < 1.29 is 14.3 Å². The highest BCUT2D eigenvalue weighted by Gasteiger charge is 2.25. The van der Waals surface area contributed by atoms with E-state index in [1.54, 1.807) is 13.1 Å². The molecule has 2 heterocycles. The van der Waals surface area contributed by atoms with Crippen molar-refractivity contribution in [1.82, 2.24) is 9.88 Å². The number of amides is 1. The third-order valence-corrected chi connectivity index (χ3v) is 6.18. The fraction of sp³-hybridized carbons (Fsp3) is 0.350. The average molecular weight is 464 g/mol. The molecule has 6 nitrogen and oxygen atoms in total. The number of nitrogens with zero attached hydrogens (tertiary/aromatic N) is 3. The van der Waals surface area contributed by atoms with Gasteiger partial charge in [0.1, 0.15) is 11.1 Å². The van der Waals surface area contributed by atoms with Crippen molar-refractivity contribution in [2.75, 3.05) is 38.2 Å². The quantitative estimate of drug-likeness (QED) is 0.499. The zero-order valence-corrected chi connectivity index (χ0v) is 18.2. The molecule has 28 heavy (non-hydrogen) atoms. The topological polar surface area (TPSA) is 62.7 Å². The zero-order valence-electron chi connectivity index (χ0n) is 15.8. The molecule has 0 bridgehead atoms. The molecule has 0 spiro atoms. The van der Waals surface area contributed by atoms with Crippen LogP contribution >= 0.6 is 27.7 Å². The van der Waals surface area contributed by atoms with E-state index in [0.717, 1.165) is 28.3 Å². The largest absolute Gasteiger partial charge is 0.468 e. The summed E-state index contributed by atoms with van der Waals surface area (Å²) in [5, 5.41) is -0.376. The SMILES string of the molecule is COC(=O)C(C)Sc1ccccc1C(=O)N1CCN(c2ccc(Br)cn2)CC1. The molecule has 3 rings (SSSR count). The number of rotatable bonds is 5. The Labute approximate surface area is 177 Å². The van der Waals surface area contributed by atoms with Crippen molar-refractivity contribution in [2.45, 2.75) is 17.1 Å². The molecule has 148 valence electrons. The summed E-state index contributed by atoms with van der Waals surface area (Å²) < 4.78 is 5.74. The van der Waals surface area contributed by atoms with E-state index in [9.17, 15) is 9.59 Å². The van der Waals surface area contributed by atoms with Gasteiger partial charge >= 0.3 is 5.97 Å². The van der Waals surface area contributed by atoms with E-state index in [-0.39, 0.29) is 17.1 Å². The summed E-state index contributed by atoms with van der Waals surface area (Å²) in [5.41, 5.74) is 0.624. The summed E-state index contributed by atoms with van der Waals surface area (Å²) in [4.78, 5) is 34.1. The number of benzene rings is 1. The minimum atomic E-state index is -0.376. The average Bonchev–Trinajstić information content (AvgIpc) is 2.73. The van der Waals surface area contributed by atoms with Crippen LogP contribution in [0.25, 0.3) is 0 Å². The summed E-state index contributed by atoms with van der Waals surface area (Å²) in [5.74, 6) is 0.601. The van der Waals surface area contributed by atoms with Crippen LogP contribution in [0.2, 0.25) is 0 Å². The fourth-order valence-electron chi connectivity index (χ4n) is 3.01. The maximum atomic E-state index is 13.1. The minimum Gasteiger partial charge on any atom is -0.468 e. The third-order valence-electron chi connectivity index (χ3n) is 4.56. The van der Waals surface area contributed by atoms with E-state index in [1.165, 1.54) is 18.9 Å². The number of carbonyl (C=O) groups excluding carboxylic acids is 2. The van der Waals surface area contributed by atoms with Gasteiger partial charge in [-0.1, -0.05) is 12.1 Å². The van der Waals surface area contributed by atoms with E-state index in [1.807, 2.05) is 41.3 Å². The summed E-state index contributed by atoms with van der Waals surface area (Å²) in [7, 11) is 1.37. The molecule has 1 saturated heterocycles. The van der Waals surface area contributed by atoms with Gasteiger partial charge in [-0.05, 0) is 47.1 Å². The molecule has 1 aliphatic heterocycles. The Bertz CT molecular complexity index is 839. The van der Waals surface area contributed by atoms with Crippen molar-refractivity contribution in [1.29, 1.82) is 0 Å². The first-order valence-corrected chi connectivity index (χ1v) is 10.7. The van der Waals surface area contributed by atoms with Gasteiger partial charge in [-0.25, -0.2) is 4.98 Å². The first kappa shape index (κ1) is 20.7. The van der Waals surface area contributed by atoms with Crippen molar-refractivity contribution in [3.8, 4) is 0 Å². The van der Waals surface area contributed by atoms with Crippen molar-refractivity contribution in [2.24, 2.45) is 0 Å². The van der Waals surface area contributed by atoms with Gasteiger partial charge in [0.2, 0.25) is 0 Å². The molecule has 2 aromatic rings. The van der Waals surface area contributed by atoms with Crippen molar-refractivity contribution in [3.05, 3.63) is 52.6 Å². The van der Waals surface area contributed by atoms with Gasteiger partial charge in [0.15, 0.2) is 0 Å². The van der Waals surface area contributed by atoms with Gasteiger partial charge in [-0.3, -0.25) is 9.59 Å². The Balaban J connectivity index is 1.67. The molecular weight excluding hydrogens is 442 g/mol. The molecule has 0 N–H and O–H groups in total. The number of aromatic nitrogens is 1. The highest BCUT2D eigenvalue weighted by molar-refractivity contribution is 9.10. The third kappa shape index (κ3) is 4.86. The Morgan fingerprint density at radius 1 is 1.14 bits per heavy atom. The van der Waals surface area contributed by atoms with Gasteiger partial charge in [0.05, 0.1) is 12.7 Å². The highest BCUT2D eigenvalue weighted by Crippen LogP contribution is 2.29. The lowest BCUT2D eigenvalue weighted by atomic mass is 10.2. The highest BCUT2D eigenvalue weighted by atomic mass is 79.9. The van der Waals surface area contributed by atoms with Crippen LogP contribution in [-0.4, -0.2) is 60.3 Å². The molecule has 0 aliphatic carbocycles. The minimum absolute atomic E-state index is 0.0106. The predicted octanol–water partition coefficient (Wildman–Crippen LogP) is 3.46. The van der Waals surface area contributed by atoms with E-state index in [4.69, 9.17) is 4.74 Å². The second kappa shape index (κ2) is 9.43. The summed E-state index contributed by atoms with van der Waals surface area (Å²) in [6.45, 7) is 4.49. The maximum absolute atomic E-state index is 13.1. The van der Waals surface area contributed by atoms with Gasteiger partial charge in [0, 0.05) is 41.7 Å². The molecule has 1 aliphatic rings. The molecule has 1 amide bonds. The zero-order chi connectivity index (χ0) is 20.1. The lowest BCUT2D eigenvalue weighted by Gasteiger charge is -2.35. The molecular formula is C20H22BrN3O3S. The number of anilines is 1. The molecule has 0 saturated carbocycles. The van der Waals surface area contributed by atoms with Crippen LogP contribution in [-0.2, 0) is 9.53 Å². The van der Waals surface area contributed by atoms with Crippen LogP contribution in [0.4, 0.5) is 5.82 Å². The number of carbonyl (C=O) groups is 2. The predicted molar refractivity (Wildman–Crippen MR) is 114 cm³/mol. The van der Waals surface area contributed by atoms with E-state index >= 15 is 0 Å². The fourth-order valence-corrected chi connectivity index (χ4v) is 4.26. The Kier molecular flexibility index (Phi) is 6.96. The monoisotopic (exact) mass is 463 g/mol. The normalized spacial score (nSPS) is 15.2. The second-order valence-electron chi connectivity index (χ2n) is 6.39. The Morgan fingerprint density at radius 2 is 1.86 bits per heavy atom. The number of methoxy groups -OCH3 is 1.